The smallest absolute Gasteiger partial charge is 0.321 e. The van der Waals surface area contributed by atoms with Gasteiger partial charge in [-0.3, -0.25) is 19.3 Å². The lowest BCUT2D eigenvalue weighted by Crippen LogP contribution is -2.52. The molecule has 0 aromatic heterocycles. The van der Waals surface area contributed by atoms with E-state index >= 15 is 0 Å². The first-order valence-electron chi connectivity index (χ1n) is 13.9. The van der Waals surface area contributed by atoms with E-state index in [-0.39, 0.29) is 23.6 Å². The Morgan fingerprint density at radius 3 is 2.26 bits per heavy atom. The summed E-state index contributed by atoms with van der Waals surface area (Å²) in [6.45, 7) is 6.93. The van der Waals surface area contributed by atoms with Crippen molar-refractivity contribution in [2.75, 3.05) is 39.3 Å². The summed E-state index contributed by atoms with van der Waals surface area (Å²) in [6, 6.07) is 25.3. The number of ketones is 1. The highest BCUT2D eigenvalue weighted by molar-refractivity contribution is 5.99. The fraction of sp³-hybridized carbons (Fsp3) is 0.364. The number of carbonyl (C=O) groups excluding carboxylic acids is 3. The van der Waals surface area contributed by atoms with E-state index in [0.29, 0.717) is 52.2 Å². The quantitative estimate of drug-likeness (QED) is 0.330. The molecule has 3 aromatic rings. The Morgan fingerprint density at radius 1 is 0.872 bits per heavy atom. The van der Waals surface area contributed by atoms with Crippen LogP contribution in [0.2, 0.25) is 0 Å². The number of benzene rings is 3. The maximum Gasteiger partial charge on any atom is 0.321 e. The third-order valence-electron chi connectivity index (χ3n) is 8.29. The van der Waals surface area contributed by atoms with Gasteiger partial charge in [-0.2, -0.15) is 0 Å². The maximum absolute atomic E-state index is 13.9. The Bertz CT molecular complexity index is 1350. The van der Waals surface area contributed by atoms with Gasteiger partial charge in [0.2, 0.25) is 5.91 Å². The molecule has 0 N–H and O–H groups in total. The van der Waals surface area contributed by atoms with Crippen molar-refractivity contribution in [1.82, 2.24) is 9.80 Å². The predicted molar refractivity (Wildman–Crippen MR) is 151 cm³/mol. The van der Waals surface area contributed by atoms with Crippen molar-refractivity contribution < 1.29 is 19.1 Å². The molecule has 6 heteroatoms. The minimum atomic E-state index is -0.931. The van der Waals surface area contributed by atoms with Gasteiger partial charge in [-0.05, 0) is 48.9 Å². The number of amides is 1. The number of esters is 1. The van der Waals surface area contributed by atoms with Crippen molar-refractivity contribution in [2.24, 2.45) is 0 Å². The standard InChI is InChI=1S/C33H36N2O4/c1-3-39-32(38)33(25-12-5-4-6-13-25)18-17-28(27-15-9-10-16-29(27)33)31(37)35-21-19-34(20-22-35)23-30(36)26-14-8-7-11-24(26)2/h4-16,28H,3,17-23H2,1-2H3/t28-,33+/m1/s1. The van der Waals surface area contributed by atoms with Crippen LogP contribution in [0.25, 0.3) is 0 Å². The van der Waals surface area contributed by atoms with Crippen LogP contribution in [-0.4, -0.2) is 66.8 Å². The molecule has 1 amide bonds. The monoisotopic (exact) mass is 524 g/mol. The van der Waals surface area contributed by atoms with Crippen molar-refractivity contribution in [2.45, 2.75) is 38.0 Å². The number of aryl methyl sites for hydroxylation is 1. The van der Waals surface area contributed by atoms with Gasteiger partial charge in [0.15, 0.2) is 5.78 Å². The normalized spacial score (nSPS) is 21.2. The lowest BCUT2D eigenvalue weighted by Gasteiger charge is -2.42. The molecule has 1 saturated heterocycles. The number of carbonyl (C=O) groups is 3. The zero-order valence-electron chi connectivity index (χ0n) is 22.8. The number of ether oxygens (including phenoxy) is 1. The van der Waals surface area contributed by atoms with E-state index in [2.05, 4.69) is 4.90 Å². The zero-order chi connectivity index (χ0) is 27.4. The summed E-state index contributed by atoms with van der Waals surface area (Å²) in [7, 11) is 0. The van der Waals surface area contributed by atoms with E-state index in [1.54, 1.807) is 0 Å². The first kappa shape index (κ1) is 26.8. The van der Waals surface area contributed by atoms with Gasteiger partial charge in [-0.1, -0.05) is 78.9 Å². The Kier molecular flexibility index (Phi) is 7.94. The minimum absolute atomic E-state index is 0.0952. The molecule has 1 fully saturated rings. The van der Waals surface area contributed by atoms with Crippen molar-refractivity contribution in [3.8, 4) is 0 Å². The molecule has 1 aliphatic carbocycles. The predicted octanol–water partition coefficient (Wildman–Crippen LogP) is 4.75. The molecule has 1 aliphatic heterocycles. The van der Waals surface area contributed by atoms with Crippen molar-refractivity contribution in [1.29, 1.82) is 0 Å². The van der Waals surface area contributed by atoms with E-state index in [0.717, 1.165) is 27.8 Å². The average molecular weight is 525 g/mol. The zero-order valence-corrected chi connectivity index (χ0v) is 22.8. The lowest BCUT2D eigenvalue weighted by molar-refractivity contribution is -0.149. The number of Topliss-reactive ketones (excluding diaryl/α,β-unsaturated/α-hetero) is 1. The molecule has 0 spiro atoms. The van der Waals surface area contributed by atoms with Crippen LogP contribution in [0.1, 0.15) is 58.3 Å². The van der Waals surface area contributed by atoms with Gasteiger partial charge in [0.05, 0.1) is 19.1 Å². The maximum atomic E-state index is 13.9. The van der Waals surface area contributed by atoms with Gasteiger partial charge < -0.3 is 9.64 Å². The van der Waals surface area contributed by atoms with E-state index < -0.39 is 5.41 Å². The first-order valence-corrected chi connectivity index (χ1v) is 13.9. The van der Waals surface area contributed by atoms with Crippen molar-refractivity contribution in [3.63, 3.8) is 0 Å². The molecule has 0 radical (unpaired) electrons. The number of piperazine rings is 1. The van der Waals surface area contributed by atoms with Gasteiger partial charge in [0.25, 0.3) is 0 Å². The molecule has 0 bridgehead atoms. The van der Waals surface area contributed by atoms with Crippen LogP contribution < -0.4 is 0 Å². The summed E-state index contributed by atoms with van der Waals surface area (Å²) < 4.78 is 5.62. The van der Waals surface area contributed by atoms with Gasteiger partial charge in [0.1, 0.15) is 5.41 Å². The average Bonchev–Trinajstić information content (AvgIpc) is 2.97. The molecule has 202 valence electrons. The molecular formula is C33H36N2O4. The second-order valence-electron chi connectivity index (χ2n) is 10.5. The van der Waals surface area contributed by atoms with Crippen LogP contribution in [0.3, 0.4) is 0 Å². The van der Waals surface area contributed by atoms with E-state index in [1.165, 1.54) is 0 Å². The largest absolute Gasteiger partial charge is 0.465 e. The summed E-state index contributed by atoms with van der Waals surface area (Å²) in [5.74, 6) is -0.364. The molecule has 2 aliphatic rings. The molecular weight excluding hydrogens is 488 g/mol. The highest BCUT2D eigenvalue weighted by Gasteiger charge is 2.50. The number of fused-ring (bicyclic) bond motifs is 1. The third-order valence-corrected chi connectivity index (χ3v) is 8.29. The molecule has 5 rings (SSSR count). The molecule has 2 atom stereocenters. The molecule has 1 heterocycles. The second kappa shape index (κ2) is 11.5. The summed E-state index contributed by atoms with van der Waals surface area (Å²) in [4.78, 5) is 44.4. The van der Waals surface area contributed by atoms with Crippen LogP contribution in [0.15, 0.2) is 78.9 Å². The Balaban J connectivity index is 1.33. The molecule has 6 nitrogen and oxygen atoms in total. The highest BCUT2D eigenvalue weighted by Crippen LogP contribution is 2.48. The van der Waals surface area contributed by atoms with Crippen LogP contribution in [0.5, 0.6) is 0 Å². The topological polar surface area (TPSA) is 66.9 Å². The minimum Gasteiger partial charge on any atom is -0.465 e. The lowest BCUT2D eigenvalue weighted by atomic mass is 9.63. The fourth-order valence-corrected chi connectivity index (χ4v) is 6.22. The summed E-state index contributed by atoms with van der Waals surface area (Å²) in [5.41, 5.74) is 3.48. The Hall–Kier alpha value is -3.77. The second-order valence-corrected chi connectivity index (χ2v) is 10.5. The Labute approximate surface area is 230 Å². The van der Waals surface area contributed by atoms with Gasteiger partial charge in [0, 0.05) is 31.7 Å². The number of hydrogen-bond acceptors (Lipinski definition) is 5. The molecule has 3 aromatic carbocycles. The van der Waals surface area contributed by atoms with Crippen molar-refractivity contribution >= 4 is 17.7 Å². The van der Waals surface area contributed by atoms with Crippen LogP contribution in [-0.2, 0) is 19.7 Å². The molecule has 39 heavy (non-hydrogen) atoms. The highest BCUT2D eigenvalue weighted by atomic mass is 16.5. The van der Waals surface area contributed by atoms with Gasteiger partial charge in [-0.15, -0.1) is 0 Å². The van der Waals surface area contributed by atoms with Crippen LogP contribution in [0, 0.1) is 6.92 Å². The first-order chi connectivity index (χ1) is 19.0. The van der Waals surface area contributed by atoms with E-state index in [1.807, 2.05) is 97.6 Å². The fourth-order valence-electron chi connectivity index (χ4n) is 6.22. The molecule has 0 saturated carbocycles. The third kappa shape index (κ3) is 5.13. The molecule has 0 unspecified atom stereocenters. The van der Waals surface area contributed by atoms with Gasteiger partial charge >= 0.3 is 5.97 Å². The number of hydrogen-bond donors (Lipinski definition) is 0. The van der Waals surface area contributed by atoms with Crippen molar-refractivity contribution in [3.05, 3.63) is 107 Å². The summed E-state index contributed by atoms with van der Waals surface area (Å²) >= 11 is 0. The van der Waals surface area contributed by atoms with Crippen LogP contribution >= 0.6 is 0 Å². The number of nitrogens with zero attached hydrogens (tertiary/aromatic N) is 2. The van der Waals surface area contributed by atoms with E-state index in [9.17, 15) is 14.4 Å². The SMILES string of the molecule is CCOC(=O)[C@]1(c2ccccc2)CC[C@@H](C(=O)N2CCN(CC(=O)c3ccccc3C)CC2)c2ccccc21. The summed E-state index contributed by atoms with van der Waals surface area (Å²) in [6.07, 6.45) is 1.07. The summed E-state index contributed by atoms with van der Waals surface area (Å²) in [5, 5.41) is 0. The van der Waals surface area contributed by atoms with Crippen LogP contribution in [0.4, 0.5) is 0 Å². The number of rotatable bonds is 7. The Morgan fingerprint density at radius 2 is 1.54 bits per heavy atom. The van der Waals surface area contributed by atoms with E-state index in [4.69, 9.17) is 4.74 Å². The van der Waals surface area contributed by atoms with Gasteiger partial charge in [-0.25, -0.2) is 0 Å².